The molecule has 28 heavy (non-hydrogen) atoms. The van der Waals surface area contributed by atoms with Crippen molar-refractivity contribution in [3.05, 3.63) is 46.8 Å². The molecule has 0 saturated carbocycles. The van der Waals surface area contributed by atoms with Crippen molar-refractivity contribution in [3.8, 4) is 17.5 Å². The number of aromatic nitrogens is 3. The molecule has 0 spiro atoms. The summed E-state index contributed by atoms with van der Waals surface area (Å²) in [5.41, 5.74) is 2.82. The lowest BCUT2D eigenvalue weighted by Crippen LogP contribution is -2.14. The van der Waals surface area contributed by atoms with Crippen molar-refractivity contribution in [1.29, 1.82) is 5.26 Å². The Hall–Kier alpha value is -2.63. The Balaban J connectivity index is 1.66. The Kier molecular flexibility index (Phi) is 5.87. The highest BCUT2D eigenvalue weighted by Gasteiger charge is 2.16. The number of amides is 1. The van der Waals surface area contributed by atoms with Crippen LogP contribution in [-0.4, -0.2) is 26.4 Å². The molecule has 1 aromatic carbocycles. The molecule has 0 aliphatic rings. The lowest BCUT2D eigenvalue weighted by Gasteiger charge is -2.19. The molecule has 0 aliphatic heterocycles. The monoisotopic (exact) mass is 411 g/mol. The van der Waals surface area contributed by atoms with Gasteiger partial charge in [-0.2, -0.15) is 5.26 Å². The van der Waals surface area contributed by atoms with E-state index in [0.717, 1.165) is 11.4 Å². The maximum Gasteiger partial charge on any atom is 0.235 e. The molecule has 3 aromatic rings. The predicted molar refractivity (Wildman–Crippen MR) is 114 cm³/mol. The van der Waals surface area contributed by atoms with E-state index in [9.17, 15) is 4.79 Å². The summed E-state index contributed by atoms with van der Waals surface area (Å²) in [6, 6.07) is 12.1. The van der Waals surface area contributed by atoms with Gasteiger partial charge in [0.2, 0.25) is 5.91 Å². The molecule has 0 fully saturated rings. The zero-order valence-electron chi connectivity index (χ0n) is 16.2. The number of thioether (sulfide) groups is 1. The standard InChI is InChI=1S/C20H21N5OS2/c1-20(2,3)15-7-5-13(6-8-15)17-23-24-19(25(17)4)28-12-16(26)22-18-14(11-21)9-10-27-18/h5-10H,12H2,1-4H3,(H,22,26). The summed E-state index contributed by atoms with van der Waals surface area (Å²) in [5, 5.41) is 23.3. The Morgan fingerprint density at radius 3 is 2.61 bits per heavy atom. The van der Waals surface area contributed by atoms with Crippen LogP contribution >= 0.6 is 23.1 Å². The predicted octanol–water partition coefficient (Wildman–Crippen LogP) is 4.44. The third kappa shape index (κ3) is 4.43. The average Bonchev–Trinajstić information content (AvgIpc) is 3.25. The SMILES string of the molecule is Cn1c(SCC(=O)Nc2sccc2C#N)nnc1-c1ccc(C(C)(C)C)cc1. The van der Waals surface area contributed by atoms with Gasteiger partial charge in [-0.15, -0.1) is 21.5 Å². The van der Waals surface area contributed by atoms with Crippen molar-refractivity contribution in [2.45, 2.75) is 31.3 Å². The zero-order valence-corrected chi connectivity index (χ0v) is 17.8. The van der Waals surface area contributed by atoms with Crippen LogP contribution in [0.1, 0.15) is 31.9 Å². The fourth-order valence-electron chi connectivity index (χ4n) is 2.60. The topological polar surface area (TPSA) is 83.6 Å². The number of rotatable bonds is 5. The van der Waals surface area contributed by atoms with Crippen molar-refractivity contribution in [2.75, 3.05) is 11.1 Å². The summed E-state index contributed by atoms with van der Waals surface area (Å²) in [4.78, 5) is 12.2. The van der Waals surface area contributed by atoms with E-state index < -0.39 is 0 Å². The molecule has 8 heteroatoms. The van der Waals surface area contributed by atoms with Gasteiger partial charge < -0.3 is 9.88 Å². The highest BCUT2D eigenvalue weighted by Crippen LogP contribution is 2.27. The summed E-state index contributed by atoms with van der Waals surface area (Å²) in [5.74, 6) is 0.772. The van der Waals surface area contributed by atoms with Gasteiger partial charge in [-0.05, 0) is 22.4 Å². The van der Waals surface area contributed by atoms with E-state index in [1.54, 1.807) is 11.4 Å². The van der Waals surface area contributed by atoms with Gasteiger partial charge in [0.25, 0.3) is 0 Å². The quantitative estimate of drug-likeness (QED) is 0.627. The van der Waals surface area contributed by atoms with E-state index in [4.69, 9.17) is 5.26 Å². The molecule has 0 radical (unpaired) electrons. The van der Waals surface area contributed by atoms with Crippen molar-refractivity contribution in [3.63, 3.8) is 0 Å². The molecule has 0 aliphatic carbocycles. The summed E-state index contributed by atoms with van der Waals surface area (Å²) in [7, 11) is 1.89. The lowest BCUT2D eigenvalue weighted by atomic mass is 9.87. The fraction of sp³-hybridized carbons (Fsp3) is 0.300. The number of hydrogen-bond acceptors (Lipinski definition) is 6. The smallest absolute Gasteiger partial charge is 0.235 e. The number of benzene rings is 1. The normalized spacial score (nSPS) is 11.2. The summed E-state index contributed by atoms with van der Waals surface area (Å²) >= 11 is 2.65. The van der Waals surface area contributed by atoms with Crippen LogP contribution in [-0.2, 0) is 17.3 Å². The van der Waals surface area contributed by atoms with Crippen LogP contribution in [0.25, 0.3) is 11.4 Å². The summed E-state index contributed by atoms with van der Waals surface area (Å²) in [6.07, 6.45) is 0. The minimum atomic E-state index is -0.178. The van der Waals surface area contributed by atoms with Crippen molar-refractivity contribution >= 4 is 34.0 Å². The molecule has 0 unspecified atom stereocenters. The molecule has 1 N–H and O–H groups in total. The van der Waals surface area contributed by atoms with Crippen LogP contribution in [0.3, 0.4) is 0 Å². The zero-order chi connectivity index (χ0) is 20.3. The van der Waals surface area contributed by atoms with Gasteiger partial charge in [-0.1, -0.05) is 56.8 Å². The number of nitrogens with zero attached hydrogens (tertiary/aromatic N) is 4. The van der Waals surface area contributed by atoms with E-state index in [2.05, 4.69) is 54.5 Å². The van der Waals surface area contributed by atoms with E-state index in [1.807, 2.05) is 23.7 Å². The van der Waals surface area contributed by atoms with Gasteiger partial charge in [-0.25, -0.2) is 0 Å². The first-order valence-electron chi connectivity index (χ1n) is 8.70. The first kappa shape index (κ1) is 20.1. The molecule has 0 saturated heterocycles. The number of nitriles is 1. The molecule has 6 nitrogen and oxygen atoms in total. The Morgan fingerprint density at radius 2 is 1.96 bits per heavy atom. The third-order valence-electron chi connectivity index (χ3n) is 4.22. The van der Waals surface area contributed by atoms with Gasteiger partial charge >= 0.3 is 0 Å². The highest BCUT2D eigenvalue weighted by atomic mass is 32.2. The first-order chi connectivity index (χ1) is 13.3. The number of thiophene rings is 1. The van der Waals surface area contributed by atoms with Gasteiger partial charge in [0.1, 0.15) is 11.1 Å². The van der Waals surface area contributed by atoms with Crippen LogP contribution < -0.4 is 5.32 Å². The van der Waals surface area contributed by atoms with Crippen LogP contribution in [0, 0.1) is 11.3 Å². The van der Waals surface area contributed by atoms with E-state index in [1.165, 1.54) is 28.7 Å². The second kappa shape index (κ2) is 8.17. The molecule has 2 heterocycles. The van der Waals surface area contributed by atoms with Gasteiger partial charge in [0.15, 0.2) is 11.0 Å². The number of anilines is 1. The molecule has 0 bridgehead atoms. The maximum atomic E-state index is 12.2. The number of nitrogens with one attached hydrogen (secondary N) is 1. The van der Waals surface area contributed by atoms with Crippen LogP contribution in [0.5, 0.6) is 0 Å². The van der Waals surface area contributed by atoms with Gasteiger partial charge in [-0.3, -0.25) is 4.79 Å². The average molecular weight is 412 g/mol. The second-order valence-electron chi connectivity index (χ2n) is 7.30. The van der Waals surface area contributed by atoms with E-state index in [0.29, 0.717) is 15.7 Å². The molecule has 3 rings (SSSR count). The number of hydrogen-bond donors (Lipinski definition) is 1. The number of carbonyl (C=O) groups excluding carboxylic acids is 1. The Labute approximate surface area is 172 Å². The van der Waals surface area contributed by atoms with Gasteiger partial charge in [0.05, 0.1) is 11.3 Å². The fourth-order valence-corrected chi connectivity index (χ4v) is 4.06. The van der Waals surface area contributed by atoms with Crippen LogP contribution in [0.4, 0.5) is 5.00 Å². The molecule has 0 atom stereocenters. The van der Waals surface area contributed by atoms with Crippen LogP contribution in [0.15, 0.2) is 40.9 Å². The Morgan fingerprint density at radius 1 is 1.25 bits per heavy atom. The maximum absolute atomic E-state index is 12.2. The van der Waals surface area contributed by atoms with E-state index in [-0.39, 0.29) is 17.1 Å². The van der Waals surface area contributed by atoms with Crippen molar-refractivity contribution in [1.82, 2.24) is 14.8 Å². The minimum absolute atomic E-state index is 0.0980. The highest BCUT2D eigenvalue weighted by molar-refractivity contribution is 7.99. The lowest BCUT2D eigenvalue weighted by molar-refractivity contribution is -0.113. The molecule has 2 aromatic heterocycles. The summed E-state index contributed by atoms with van der Waals surface area (Å²) < 4.78 is 1.88. The van der Waals surface area contributed by atoms with E-state index >= 15 is 0 Å². The molecule has 144 valence electrons. The first-order valence-corrected chi connectivity index (χ1v) is 10.6. The van der Waals surface area contributed by atoms with Crippen molar-refractivity contribution in [2.24, 2.45) is 7.05 Å². The molecular weight excluding hydrogens is 390 g/mol. The van der Waals surface area contributed by atoms with Crippen LogP contribution in [0.2, 0.25) is 0 Å². The summed E-state index contributed by atoms with van der Waals surface area (Å²) in [6.45, 7) is 6.54. The Bertz CT molecular complexity index is 1020. The number of carbonyl (C=O) groups is 1. The minimum Gasteiger partial charge on any atom is -0.316 e. The van der Waals surface area contributed by atoms with Gasteiger partial charge in [0, 0.05) is 12.6 Å². The molecular formula is C20H21N5OS2. The van der Waals surface area contributed by atoms with Crippen molar-refractivity contribution < 1.29 is 4.79 Å². The third-order valence-corrected chi connectivity index (χ3v) is 6.07. The largest absolute Gasteiger partial charge is 0.316 e. The molecule has 1 amide bonds. The second-order valence-corrected chi connectivity index (χ2v) is 9.16.